The zero-order valence-corrected chi connectivity index (χ0v) is 16.5. The van der Waals surface area contributed by atoms with Crippen molar-refractivity contribution in [3.8, 4) is 6.07 Å². The van der Waals surface area contributed by atoms with E-state index in [0.717, 1.165) is 17.7 Å². The number of esters is 1. The zero-order chi connectivity index (χ0) is 19.4. The molecule has 0 aromatic heterocycles. The van der Waals surface area contributed by atoms with Gasteiger partial charge in [-0.2, -0.15) is 5.26 Å². The lowest BCUT2D eigenvalue weighted by Crippen LogP contribution is -2.30. The number of benzene rings is 2. The molecular formula is C23H25NO2S. The minimum atomic E-state index is -1.22. The van der Waals surface area contributed by atoms with E-state index in [1.807, 2.05) is 54.6 Å². The molecule has 0 saturated heterocycles. The molecule has 0 N–H and O–H groups in total. The summed E-state index contributed by atoms with van der Waals surface area (Å²) >= 11 is 1.67. The molecule has 0 saturated carbocycles. The van der Waals surface area contributed by atoms with Gasteiger partial charge < -0.3 is 4.74 Å². The van der Waals surface area contributed by atoms with E-state index in [-0.39, 0.29) is 6.61 Å². The van der Waals surface area contributed by atoms with Gasteiger partial charge in [-0.3, -0.25) is 0 Å². The Kier molecular flexibility index (Phi) is 8.67. The van der Waals surface area contributed by atoms with Crippen molar-refractivity contribution in [3.63, 3.8) is 0 Å². The van der Waals surface area contributed by atoms with Gasteiger partial charge in [0.1, 0.15) is 0 Å². The highest BCUT2D eigenvalue weighted by Gasteiger charge is 2.37. The largest absolute Gasteiger partial charge is 0.465 e. The smallest absolute Gasteiger partial charge is 0.330 e. The maximum Gasteiger partial charge on any atom is 0.330 e. The van der Waals surface area contributed by atoms with E-state index in [4.69, 9.17) is 4.74 Å². The number of nitrogens with zero attached hydrogens (tertiary/aromatic N) is 1. The zero-order valence-electron chi connectivity index (χ0n) is 15.6. The van der Waals surface area contributed by atoms with E-state index < -0.39 is 11.4 Å². The number of thioether (sulfide) groups is 1. The van der Waals surface area contributed by atoms with E-state index in [1.54, 1.807) is 24.8 Å². The number of rotatable bonds is 10. The van der Waals surface area contributed by atoms with Crippen LogP contribution in [0.1, 0.15) is 25.3 Å². The van der Waals surface area contributed by atoms with Crippen LogP contribution in [0.15, 0.2) is 77.7 Å². The van der Waals surface area contributed by atoms with Gasteiger partial charge in [0.2, 0.25) is 0 Å². The van der Waals surface area contributed by atoms with Gasteiger partial charge in [0, 0.05) is 10.6 Å². The van der Waals surface area contributed by atoms with Gasteiger partial charge in [-0.25, -0.2) is 4.79 Å². The highest BCUT2D eigenvalue weighted by Crippen LogP contribution is 2.29. The first-order valence-corrected chi connectivity index (χ1v) is 10.2. The van der Waals surface area contributed by atoms with Crippen LogP contribution in [-0.2, 0) is 16.0 Å². The average Bonchev–Trinajstić information content (AvgIpc) is 2.71. The molecule has 2 rings (SSSR count). The van der Waals surface area contributed by atoms with E-state index in [0.29, 0.717) is 12.2 Å². The lowest BCUT2D eigenvalue weighted by molar-refractivity contribution is -0.149. The molecule has 140 valence electrons. The molecule has 0 unspecified atom stereocenters. The number of hydrogen-bond acceptors (Lipinski definition) is 4. The van der Waals surface area contributed by atoms with Crippen LogP contribution in [0, 0.1) is 16.7 Å². The Morgan fingerprint density at radius 1 is 1.15 bits per heavy atom. The molecule has 4 heteroatoms. The number of nitriles is 1. The third kappa shape index (κ3) is 6.62. The summed E-state index contributed by atoms with van der Waals surface area (Å²) in [5.41, 5.74) is -0.0148. The SMILES string of the molecule is CCOC(=O)[C@](C#N)(/C=C/CSc1ccccc1)CCCc1ccccc1. The molecule has 0 heterocycles. The molecule has 27 heavy (non-hydrogen) atoms. The van der Waals surface area contributed by atoms with Crippen molar-refractivity contribution < 1.29 is 9.53 Å². The molecule has 0 aliphatic heterocycles. The van der Waals surface area contributed by atoms with Crippen molar-refractivity contribution in [1.82, 2.24) is 0 Å². The minimum absolute atomic E-state index is 0.271. The van der Waals surface area contributed by atoms with Crippen LogP contribution in [0.3, 0.4) is 0 Å². The normalized spacial score (nSPS) is 13.0. The lowest BCUT2D eigenvalue weighted by atomic mass is 9.83. The molecule has 0 spiro atoms. The maximum absolute atomic E-state index is 12.5. The van der Waals surface area contributed by atoms with Crippen molar-refractivity contribution in [2.24, 2.45) is 5.41 Å². The summed E-state index contributed by atoms with van der Waals surface area (Å²) in [5, 5.41) is 9.78. The lowest BCUT2D eigenvalue weighted by Gasteiger charge is -2.21. The minimum Gasteiger partial charge on any atom is -0.465 e. The quantitative estimate of drug-likeness (QED) is 0.314. The van der Waals surface area contributed by atoms with Crippen molar-refractivity contribution >= 4 is 17.7 Å². The molecule has 0 fully saturated rings. The summed E-state index contributed by atoms with van der Waals surface area (Å²) < 4.78 is 5.20. The van der Waals surface area contributed by atoms with E-state index >= 15 is 0 Å². The Morgan fingerprint density at radius 2 is 1.81 bits per heavy atom. The fraction of sp³-hybridized carbons (Fsp3) is 0.304. The first-order chi connectivity index (χ1) is 13.2. The monoisotopic (exact) mass is 379 g/mol. The topological polar surface area (TPSA) is 50.1 Å². The number of carbonyl (C=O) groups is 1. The van der Waals surface area contributed by atoms with Crippen LogP contribution >= 0.6 is 11.8 Å². The molecular weight excluding hydrogens is 354 g/mol. The van der Waals surface area contributed by atoms with Gasteiger partial charge in [0.15, 0.2) is 5.41 Å². The standard InChI is InChI=1S/C23H25NO2S/c1-2-26-22(25)23(19-24,16-9-13-20-11-5-3-6-12-20)17-10-18-27-21-14-7-4-8-15-21/h3-8,10-12,14-15,17H,2,9,13,16,18H2,1H3/b17-10+/t23-/m0/s1. The molecule has 3 nitrogen and oxygen atoms in total. The molecule has 0 aliphatic carbocycles. The summed E-state index contributed by atoms with van der Waals surface area (Å²) in [6.07, 6.45) is 5.65. The summed E-state index contributed by atoms with van der Waals surface area (Å²) in [5.74, 6) is 0.243. The van der Waals surface area contributed by atoms with Gasteiger partial charge in [-0.1, -0.05) is 60.7 Å². The molecule has 2 aromatic rings. The Hall–Kier alpha value is -2.51. The molecule has 1 atom stereocenters. The highest BCUT2D eigenvalue weighted by atomic mass is 32.2. The van der Waals surface area contributed by atoms with Crippen LogP contribution in [0.2, 0.25) is 0 Å². The summed E-state index contributed by atoms with van der Waals surface area (Å²) in [6.45, 7) is 2.03. The van der Waals surface area contributed by atoms with Gasteiger partial charge in [0.25, 0.3) is 0 Å². The van der Waals surface area contributed by atoms with Crippen LogP contribution < -0.4 is 0 Å². The fourth-order valence-electron chi connectivity index (χ4n) is 2.78. The second kappa shape index (κ2) is 11.3. The first kappa shape index (κ1) is 20.8. The molecule has 0 amide bonds. The number of ether oxygens (including phenoxy) is 1. The van der Waals surface area contributed by atoms with Crippen molar-refractivity contribution in [2.45, 2.75) is 31.1 Å². The maximum atomic E-state index is 12.5. The Labute approximate surface area is 166 Å². The summed E-state index contributed by atoms with van der Waals surface area (Å²) in [4.78, 5) is 13.7. The van der Waals surface area contributed by atoms with Gasteiger partial charge in [0.05, 0.1) is 12.7 Å². The average molecular weight is 380 g/mol. The number of carbonyl (C=O) groups excluding carboxylic acids is 1. The number of hydrogen-bond donors (Lipinski definition) is 0. The second-order valence-corrected chi connectivity index (χ2v) is 7.26. The van der Waals surface area contributed by atoms with Crippen LogP contribution in [0.4, 0.5) is 0 Å². The molecule has 0 radical (unpaired) electrons. The first-order valence-electron chi connectivity index (χ1n) is 9.18. The van der Waals surface area contributed by atoms with Crippen molar-refractivity contribution in [2.75, 3.05) is 12.4 Å². The predicted molar refractivity (Wildman–Crippen MR) is 110 cm³/mol. The third-order valence-electron chi connectivity index (χ3n) is 4.21. The Balaban J connectivity index is 2.01. The van der Waals surface area contributed by atoms with Crippen molar-refractivity contribution in [3.05, 3.63) is 78.4 Å². The van der Waals surface area contributed by atoms with Gasteiger partial charge >= 0.3 is 5.97 Å². The highest BCUT2D eigenvalue weighted by molar-refractivity contribution is 7.99. The van der Waals surface area contributed by atoms with E-state index in [9.17, 15) is 10.1 Å². The second-order valence-electron chi connectivity index (χ2n) is 6.17. The van der Waals surface area contributed by atoms with Gasteiger partial charge in [-0.05, 0) is 43.9 Å². The van der Waals surface area contributed by atoms with Crippen LogP contribution in [-0.4, -0.2) is 18.3 Å². The summed E-state index contributed by atoms with van der Waals surface area (Å²) in [6, 6.07) is 22.4. The van der Waals surface area contributed by atoms with Gasteiger partial charge in [-0.15, -0.1) is 11.8 Å². The fourth-order valence-corrected chi connectivity index (χ4v) is 3.51. The van der Waals surface area contributed by atoms with E-state index in [1.165, 1.54) is 5.56 Å². The molecule has 0 aliphatic rings. The van der Waals surface area contributed by atoms with E-state index in [2.05, 4.69) is 18.2 Å². The third-order valence-corrected chi connectivity index (χ3v) is 5.17. The summed E-state index contributed by atoms with van der Waals surface area (Å²) in [7, 11) is 0. The van der Waals surface area contributed by atoms with Crippen LogP contribution in [0.25, 0.3) is 0 Å². The van der Waals surface area contributed by atoms with Crippen molar-refractivity contribution in [1.29, 1.82) is 5.26 Å². The molecule has 0 bridgehead atoms. The Morgan fingerprint density at radius 3 is 2.44 bits per heavy atom. The van der Waals surface area contributed by atoms with Crippen LogP contribution in [0.5, 0.6) is 0 Å². The Bertz CT molecular complexity index is 768. The number of aryl methyl sites for hydroxylation is 1. The predicted octanol–water partition coefficient (Wildman–Crippen LogP) is 5.43. The molecule has 2 aromatic carbocycles.